The Labute approximate surface area is 114 Å². The summed E-state index contributed by atoms with van der Waals surface area (Å²) in [6.45, 7) is 7.94. The zero-order valence-corrected chi connectivity index (χ0v) is 11.8. The summed E-state index contributed by atoms with van der Waals surface area (Å²) < 4.78 is 0. The van der Waals surface area contributed by atoms with Crippen LogP contribution in [0.3, 0.4) is 0 Å². The van der Waals surface area contributed by atoms with Gasteiger partial charge in [0.15, 0.2) is 0 Å². The zero-order valence-electron chi connectivity index (χ0n) is 10.9. The van der Waals surface area contributed by atoms with Crippen molar-refractivity contribution >= 4 is 23.6 Å². The highest BCUT2D eigenvalue weighted by atomic mass is 32.2. The number of amidine groups is 1. The summed E-state index contributed by atoms with van der Waals surface area (Å²) in [4.78, 5) is 15.3. The summed E-state index contributed by atoms with van der Waals surface area (Å²) in [5, 5.41) is 9.35. The topological polar surface area (TPSA) is 102 Å². The second-order valence-electron chi connectivity index (χ2n) is 4.60. The van der Waals surface area contributed by atoms with E-state index in [0.717, 1.165) is 0 Å². The van der Waals surface area contributed by atoms with Crippen LogP contribution in [0.2, 0.25) is 0 Å². The maximum absolute atomic E-state index is 11.2. The Balaban J connectivity index is 0. The number of hydrogen-bond donors (Lipinski definition) is 3. The summed E-state index contributed by atoms with van der Waals surface area (Å²) in [5.41, 5.74) is 10.2. The second-order valence-corrected chi connectivity index (χ2v) is 6.03. The molecular formula is C12H27N3O2S. The van der Waals surface area contributed by atoms with Crippen LogP contribution in [-0.4, -0.2) is 40.0 Å². The Morgan fingerprint density at radius 3 is 2.28 bits per heavy atom. The minimum Gasteiger partial charge on any atom is -0.480 e. The van der Waals surface area contributed by atoms with E-state index in [1.807, 2.05) is 20.8 Å². The van der Waals surface area contributed by atoms with E-state index in [0.29, 0.717) is 18.1 Å². The van der Waals surface area contributed by atoms with Gasteiger partial charge in [-0.2, -0.15) is 11.8 Å². The molecule has 0 aromatic rings. The van der Waals surface area contributed by atoms with Crippen LogP contribution in [0.5, 0.6) is 0 Å². The van der Waals surface area contributed by atoms with Crippen molar-refractivity contribution in [3.63, 3.8) is 0 Å². The van der Waals surface area contributed by atoms with E-state index >= 15 is 0 Å². The van der Waals surface area contributed by atoms with Crippen molar-refractivity contribution in [3.8, 4) is 0 Å². The van der Waals surface area contributed by atoms with Gasteiger partial charge in [0.05, 0.1) is 12.4 Å². The molecule has 0 aromatic carbocycles. The number of thioether (sulfide) groups is 1. The summed E-state index contributed by atoms with van der Waals surface area (Å²) >= 11 is 1.51. The zero-order chi connectivity index (χ0) is 13.6. The van der Waals surface area contributed by atoms with Gasteiger partial charge in [-0.25, -0.2) is 0 Å². The molecule has 0 saturated carbocycles. The molecule has 1 unspecified atom stereocenters. The minimum absolute atomic E-state index is 0. The molecule has 0 aliphatic rings. The molecule has 0 saturated heterocycles. The van der Waals surface area contributed by atoms with Crippen LogP contribution in [0, 0.1) is 5.92 Å². The smallest absolute Gasteiger partial charge is 0.324 e. The highest BCUT2D eigenvalue weighted by Gasteiger charge is 2.37. The van der Waals surface area contributed by atoms with Crippen molar-refractivity contribution in [2.24, 2.45) is 22.4 Å². The number of hydrogen-bond acceptors (Lipinski definition) is 4. The third-order valence-corrected chi connectivity index (χ3v) is 4.00. The van der Waals surface area contributed by atoms with Gasteiger partial charge >= 0.3 is 5.97 Å². The van der Waals surface area contributed by atoms with Crippen molar-refractivity contribution in [3.05, 3.63) is 0 Å². The van der Waals surface area contributed by atoms with E-state index in [9.17, 15) is 4.79 Å². The van der Waals surface area contributed by atoms with Crippen LogP contribution in [0.15, 0.2) is 4.99 Å². The summed E-state index contributed by atoms with van der Waals surface area (Å²) in [7, 11) is 0. The van der Waals surface area contributed by atoms with Crippen LogP contribution < -0.4 is 11.5 Å². The molecule has 0 fully saturated rings. The fraction of sp³-hybridized carbons (Fsp3) is 0.833. The molecule has 5 nitrogen and oxygen atoms in total. The van der Waals surface area contributed by atoms with E-state index in [2.05, 4.69) is 4.99 Å². The Bertz CT molecular complexity index is 291. The number of carbonyl (C=O) groups is 1. The van der Waals surface area contributed by atoms with E-state index in [1.54, 1.807) is 6.92 Å². The largest absolute Gasteiger partial charge is 0.480 e. The lowest BCUT2D eigenvalue weighted by molar-refractivity contribution is -0.144. The molecule has 0 radical (unpaired) electrons. The second kappa shape index (κ2) is 8.37. The highest BCUT2D eigenvalue weighted by Crippen LogP contribution is 2.23. The van der Waals surface area contributed by atoms with Gasteiger partial charge in [-0.1, -0.05) is 28.2 Å². The van der Waals surface area contributed by atoms with Gasteiger partial charge in [-0.05, 0) is 12.8 Å². The van der Waals surface area contributed by atoms with Gasteiger partial charge < -0.3 is 16.6 Å². The molecule has 6 heteroatoms. The molecular weight excluding hydrogens is 250 g/mol. The third kappa shape index (κ3) is 6.26. The van der Waals surface area contributed by atoms with Crippen LogP contribution in [0.1, 0.15) is 35.1 Å². The number of aliphatic imine (C=N–C) groups is 1. The van der Waals surface area contributed by atoms with Crippen molar-refractivity contribution < 1.29 is 9.90 Å². The number of nitrogens with two attached hydrogens (primary N) is 2. The Hall–Kier alpha value is -0.750. The average Bonchev–Trinajstić information content (AvgIpc) is 2.22. The molecule has 0 heterocycles. The van der Waals surface area contributed by atoms with E-state index in [4.69, 9.17) is 16.6 Å². The summed E-state index contributed by atoms with van der Waals surface area (Å²) in [6, 6.07) is 0. The first-order valence-corrected chi connectivity index (χ1v) is 6.65. The maximum Gasteiger partial charge on any atom is 0.324 e. The summed E-state index contributed by atoms with van der Waals surface area (Å²) in [5.74, 6) is -0.149. The molecule has 0 aromatic heterocycles. The molecule has 0 rings (SSSR count). The molecule has 0 aliphatic carbocycles. The Morgan fingerprint density at radius 1 is 1.44 bits per heavy atom. The number of nitrogens with zero attached hydrogens (tertiary/aromatic N) is 1. The van der Waals surface area contributed by atoms with Crippen LogP contribution >= 0.6 is 11.8 Å². The quantitative estimate of drug-likeness (QED) is 0.484. The molecule has 5 N–H and O–H groups in total. The fourth-order valence-electron chi connectivity index (χ4n) is 1.08. The normalized spacial score (nSPS) is 16.9. The number of aliphatic carboxylic acids is 1. The van der Waals surface area contributed by atoms with Crippen molar-refractivity contribution in [2.75, 3.05) is 12.3 Å². The Morgan fingerprint density at radius 2 is 1.94 bits per heavy atom. The van der Waals surface area contributed by atoms with E-state index in [1.165, 1.54) is 11.8 Å². The fourth-order valence-corrected chi connectivity index (χ4v) is 2.28. The highest BCUT2D eigenvalue weighted by molar-refractivity contribution is 8.00. The van der Waals surface area contributed by atoms with E-state index in [-0.39, 0.29) is 18.6 Å². The molecule has 0 amide bonds. The molecule has 0 spiro atoms. The number of carboxylic acid groups (broad SMARTS) is 1. The van der Waals surface area contributed by atoms with Gasteiger partial charge in [-0.3, -0.25) is 9.79 Å². The first kappa shape index (κ1) is 19.6. The summed E-state index contributed by atoms with van der Waals surface area (Å²) in [6.07, 6.45) is 0. The van der Waals surface area contributed by atoms with Crippen molar-refractivity contribution in [1.82, 2.24) is 0 Å². The maximum atomic E-state index is 11.2. The van der Waals surface area contributed by atoms with Crippen LogP contribution in [0.25, 0.3) is 0 Å². The average molecular weight is 277 g/mol. The molecule has 0 aliphatic heterocycles. The SMILES string of the molecule is C.CC(N)=NCC(C)SC[C@](N)(C(=O)O)C(C)C. The van der Waals surface area contributed by atoms with Gasteiger partial charge in [0.1, 0.15) is 5.54 Å². The monoisotopic (exact) mass is 277 g/mol. The first-order valence-electron chi connectivity index (χ1n) is 5.60. The van der Waals surface area contributed by atoms with Gasteiger partial charge in [0.2, 0.25) is 0 Å². The predicted octanol–water partition coefficient (Wildman–Crippen LogP) is 1.56. The van der Waals surface area contributed by atoms with Crippen LogP contribution in [-0.2, 0) is 4.79 Å². The predicted molar refractivity (Wildman–Crippen MR) is 80.2 cm³/mol. The molecule has 108 valence electrons. The lowest BCUT2D eigenvalue weighted by Gasteiger charge is -2.29. The number of carboxylic acids is 1. The first-order chi connectivity index (χ1) is 7.70. The molecule has 0 bridgehead atoms. The number of rotatable bonds is 7. The lowest BCUT2D eigenvalue weighted by atomic mass is 9.90. The minimum atomic E-state index is -1.18. The third-order valence-electron chi connectivity index (χ3n) is 2.63. The van der Waals surface area contributed by atoms with Crippen molar-refractivity contribution in [1.29, 1.82) is 0 Å². The van der Waals surface area contributed by atoms with Gasteiger partial charge in [-0.15, -0.1) is 0 Å². The lowest BCUT2D eigenvalue weighted by Crippen LogP contribution is -2.55. The Kier molecular flexibility index (Phi) is 9.11. The molecule has 2 atom stereocenters. The van der Waals surface area contributed by atoms with Crippen LogP contribution in [0.4, 0.5) is 0 Å². The van der Waals surface area contributed by atoms with Crippen molar-refractivity contribution in [2.45, 2.75) is 45.9 Å². The van der Waals surface area contributed by atoms with E-state index < -0.39 is 11.5 Å². The molecule has 18 heavy (non-hydrogen) atoms. The van der Waals surface area contributed by atoms with Gasteiger partial charge in [0.25, 0.3) is 0 Å². The standard InChI is InChI=1S/C11H23N3O2S.CH4/c1-7(2)11(13,10(15)16)6-17-8(3)5-14-9(4)12;/h7-8H,5-6,13H2,1-4H3,(H2,12,14)(H,15,16);1H4/t8?,11-;/m1./s1. The van der Waals surface area contributed by atoms with Gasteiger partial charge in [0, 0.05) is 11.0 Å².